The molecule has 1 atom stereocenters. The number of hydrogen-bond donors (Lipinski definition) is 1. The summed E-state index contributed by atoms with van der Waals surface area (Å²) in [5.41, 5.74) is 0.859. The van der Waals surface area contributed by atoms with E-state index in [1.165, 1.54) is 12.1 Å². The van der Waals surface area contributed by atoms with Crippen LogP contribution in [0.5, 0.6) is 0 Å². The standard InChI is InChI=1S/C22H25N5O4/c28-19-8-7-18(23-24-19)22(31)26-10-4-9-25(11-12-26)21(30)17-13-20(29)27(15-17)14-16-5-2-1-3-6-16/h1-3,5-8,17H,4,9-15H2,(H,24,28). The summed E-state index contributed by atoms with van der Waals surface area (Å²) in [4.78, 5) is 54.5. The number of likely N-dealkylation sites (tertiary alicyclic amines) is 1. The van der Waals surface area contributed by atoms with E-state index >= 15 is 0 Å². The molecule has 1 aromatic heterocycles. The zero-order valence-corrected chi connectivity index (χ0v) is 17.2. The van der Waals surface area contributed by atoms with Crippen molar-refractivity contribution in [3.05, 3.63) is 64.1 Å². The number of H-pyrrole nitrogens is 1. The third kappa shape index (κ3) is 4.82. The van der Waals surface area contributed by atoms with E-state index in [2.05, 4.69) is 10.2 Å². The lowest BCUT2D eigenvalue weighted by Crippen LogP contribution is -2.41. The summed E-state index contributed by atoms with van der Waals surface area (Å²) < 4.78 is 0. The first-order valence-electron chi connectivity index (χ1n) is 10.5. The van der Waals surface area contributed by atoms with Gasteiger partial charge in [0, 0.05) is 51.8 Å². The number of benzene rings is 1. The Morgan fingerprint density at radius 1 is 0.968 bits per heavy atom. The van der Waals surface area contributed by atoms with Gasteiger partial charge in [-0.3, -0.25) is 19.2 Å². The van der Waals surface area contributed by atoms with E-state index in [1.54, 1.807) is 14.7 Å². The van der Waals surface area contributed by atoms with Crippen molar-refractivity contribution in [2.24, 2.45) is 5.92 Å². The summed E-state index contributed by atoms with van der Waals surface area (Å²) in [6.07, 6.45) is 0.876. The van der Waals surface area contributed by atoms with Crippen molar-refractivity contribution in [1.82, 2.24) is 24.9 Å². The molecule has 3 amide bonds. The van der Waals surface area contributed by atoms with Crippen LogP contribution < -0.4 is 5.56 Å². The highest BCUT2D eigenvalue weighted by atomic mass is 16.2. The average Bonchev–Trinajstić information content (AvgIpc) is 2.99. The largest absolute Gasteiger partial charge is 0.341 e. The monoisotopic (exact) mass is 423 g/mol. The second-order valence-corrected chi connectivity index (χ2v) is 7.94. The first-order valence-corrected chi connectivity index (χ1v) is 10.5. The molecule has 4 rings (SSSR count). The van der Waals surface area contributed by atoms with Gasteiger partial charge in [-0.2, -0.15) is 5.10 Å². The Kier molecular flexibility index (Phi) is 6.11. The van der Waals surface area contributed by atoms with Gasteiger partial charge in [0.1, 0.15) is 5.69 Å². The smallest absolute Gasteiger partial charge is 0.274 e. The summed E-state index contributed by atoms with van der Waals surface area (Å²) in [5, 5.41) is 6.07. The molecular weight excluding hydrogens is 398 g/mol. The van der Waals surface area contributed by atoms with Gasteiger partial charge in [0.2, 0.25) is 11.8 Å². The van der Waals surface area contributed by atoms with E-state index in [4.69, 9.17) is 0 Å². The molecule has 162 valence electrons. The second-order valence-electron chi connectivity index (χ2n) is 7.94. The maximum absolute atomic E-state index is 13.1. The van der Waals surface area contributed by atoms with Crippen molar-refractivity contribution in [3.8, 4) is 0 Å². The van der Waals surface area contributed by atoms with Crippen LogP contribution in [0.2, 0.25) is 0 Å². The van der Waals surface area contributed by atoms with E-state index < -0.39 is 0 Å². The van der Waals surface area contributed by atoms with E-state index in [0.29, 0.717) is 45.7 Å². The van der Waals surface area contributed by atoms with Crippen LogP contribution in [0.15, 0.2) is 47.3 Å². The summed E-state index contributed by atoms with van der Waals surface area (Å²) >= 11 is 0. The number of nitrogens with zero attached hydrogens (tertiary/aromatic N) is 4. The van der Waals surface area contributed by atoms with Gasteiger partial charge in [0.25, 0.3) is 11.5 Å². The number of nitrogens with one attached hydrogen (secondary N) is 1. The summed E-state index contributed by atoms with van der Waals surface area (Å²) in [5.74, 6) is -0.645. The number of carbonyl (C=O) groups excluding carboxylic acids is 3. The van der Waals surface area contributed by atoms with Gasteiger partial charge in [0.05, 0.1) is 5.92 Å². The zero-order chi connectivity index (χ0) is 21.8. The number of carbonyl (C=O) groups is 3. The Hall–Kier alpha value is -3.49. The van der Waals surface area contributed by atoms with Gasteiger partial charge >= 0.3 is 0 Å². The molecule has 1 N–H and O–H groups in total. The number of aromatic nitrogens is 2. The first-order chi connectivity index (χ1) is 15.0. The van der Waals surface area contributed by atoms with Crippen LogP contribution in [0.25, 0.3) is 0 Å². The summed E-state index contributed by atoms with van der Waals surface area (Å²) in [6.45, 7) is 2.79. The van der Waals surface area contributed by atoms with Gasteiger partial charge in [-0.05, 0) is 18.1 Å². The minimum absolute atomic E-state index is 0.00188. The topological polar surface area (TPSA) is 107 Å². The maximum atomic E-state index is 13.1. The molecule has 1 aromatic carbocycles. The van der Waals surface area contributed by atoms with E-state index in [-0.39, 0.29) is 41.3 Å². The Morgan fingerprint density at radius 3 is 2.45 bits per heavy atom. The quantitative estimate of drug-likeness (QED) is 0.771. The highest BCUT2D eigenvalue weighted by Gasteiger charge is 2.37. The van der Waals surface area contributed by atoms with Crippen molar-refractivity contribution in [3.63, 3.8) is 0 Å². The maximum Gasteiger partial charge on any atom is 0.274 e. The second kappa shape index (κ2) is 9.11. The van der Waals surface area contributed by atoms with Gasteiger partial charge in [-0.1, -0.05) is 30.3 Å². The average molecular weight is 423 g/mol. The van der Waals surface area contributed by atoms with Gasteiger partial charge in [-0.25, -0.2) is 5.10 Å². The van der Waals surface area contributed by atoms with E-state index in [0.717, 1.165) is 5.56 Å². The zero-order valence-electron chi connectivity index (χ0n) is 17.2. The fourth-order valence-corrected chi connectivity index (χ4v) is 4.12. The number of hydrogen-bond acceptors (Lipinski definition) is 5. The van der Waals surface area contributed by atoms with Gasteiger partial charge in [0.15, 0.2) is 0 Å². The van der Waals surface area contributed by atoms with E-state index in [1.807, 2.05) is 30.3 Å². The third-order valence-electron chi connectivity index (χ3n) is 5.77. The lowest BCUT2D eigenvalue weighted by atomic mass is 10.1. The Labute approximate surface area is 179 Å². The van der Waals surface area contributed by atoms with Crippen LogP contribution in [0, 0.1) is 5.92 Å². The molecule has 2 aromatic rings. The molecule has 0 saturated carbocycles. The van der Waals surface area contributed by atoms with E-state index in [9.17, 15) is 19.2 Å². The molecule has 9 heteroatoms. The molecule has 0 spiro atoms. The number of rotatable bonds is 4. The van der Waals surface area contributed by atoms with Crippen LogP contribution in [-0.2, 0) is 16.1 Å². The van der Waals surface area contributed by atoms with Crippen LogP contribution in [0.1, 0.15) is 28.9 Å². The molecule has 0 radical (unpaired) electrons. The molecular formula is C22H25N5O4. The molecule has 0 aliphatic carbocycles. The molecule has 9 nitrogen and oxygen atoms in total. The van der Waals surface area contributed by atoms with Crippen LogP contribution in [-0.4, -0.2) is 75.3 Å². The lowest BCUT2D eigenvalue weighted by molar-refractivity contribution is -0.135. The number of aromatic amines is 1. The molecule has 1 unspecified atom stereocenters. The normalized spacial score (nSPS) is 19.4. The van der Waals surface area contributed by atoms with Gasteiger partial charge < -0.3 is 14.7 Å². The van der Waals surface area contributed by atoms with Crippen molar-refractivity contribution >= 4 is 17.7 Å². The van der Waals surface area contributed by atoms with Crippen molar-refractivity contribution in [2.45, 2.75) is 19.4 Å². The molecule has 31 heavy (non-hydrogen) atoms. The minimum atomic E-state index is -0.364. The molecule has 0 bridgehead atoms. The molecule has 2 saturated heterocycles. The van der Waals surface area contributed by atoms with Crippen LogP contribution in [0.3, 0.4) is 0 Å². The van der Waals surface area contributed by atoms with Crippen molar-refractivity contribution < 1.29 is 14.4 Å². The summed E-state index contributed by atoms with van der Waals surface area (Å²) in [7, 11) is 0. The van der Waals surface area contributed by atoms with Gasteiger partial charge in [-0.15, -0.1) is 0 Å². The molecule has 2 aliphatic rings. The Morgan fingerprint density at radius 2 is 1.71 bits per heavy atom. The number of amides is 3. The lowest BCUT2D eigenvalue weighted by Gasteiger charge is -2.24. The first kappa shape index (κ1) is 20.8. The summed E-state index contributed by atoms with van der Waals surface area (Å²) in [6, 6.07) is 12.4. The molecule has 2 aliphatic heterocycles. The predicted octanol–water partition coefficient (Wildman–Crippen LogP) is 0.493. The van der Waals surface area contributed by atoms with Crippen molar-refractivity contribution in [1.29, 1.82) is 0 Å². The third-order valence-corrected chi connectivity index (χ3v) is 5.77. The fraction of sp³-hybridized carbons (Fsp3) is 0.409. The molecule has 2 fully saturated rings. The van der Waals surface area contributed by atoms with Crippen molar-refractivity contribution in [2.75, 3.05) is 32.7 Å². The minimum Gasteiger partial charge on any atom is -0.341 e. The Balaban J connectivity index is 1.34. The molecule has 3 heterocycles. The fourth-order valence-electron chi connectivity index (χ4n) is 4.12. The van der Waals surface area contributed by atoms with Crippen LogP contribution in [0.4, 0.5) is 0 Å². The van der Waals surface area contributed by atoms with Crippen LogP contribution >= 0.6 is 0 Å². The highest BCUT2D eigenvalue weighted by molar-refractivity contribution is 5.92. The SMILES string of the molecule is O=C1CC(C(=O)N2CCCN(C(=O)c3ccc(=O)[nH]n3)CC2)CN1Cc1ccccc1. The highest BCUT2D eigenvalue weighted by Crippen LogP contribution is 2.23. The predicted molar refractivity (Wildman–Crippen MR) is 112 cm³/mol. The Bertz CT molecular complexity index is 1000.